The molecule has 0 aromatic heterocycles. The van der Waals surface area contributed by atoms with Crippen LogP contribution >= 0.6 is 11.8 Å². The minimum absolute atomic E-state index is 0.0734. The van der Waals surface area contributed by atoms with E-state index in [4.69, 9.17) is 10.00 Å². The number of ether oxygens (including phenoxy) is 1. The normalized spacial score (nSPS) is 24.8. The van der Waals surface area contributed by atoms with E-state index in [1.54, 1.807) is 0 Å². The number of hydrogen-bond acceptors (Lipinski definition) is 5. The number of carbonyl (C=O) groups is 2. The molecule has 1 fully saturated rings. The van der Waals surface area contributed by atoms with Gasteiger partial charge in [-0.1, -0.05) is 27.2 Å². The molecular formula is C17H29N3O3S. The van der Waals surface area contributed by atoms with Gasteiger partial charge in [0.2, 0.25) is 5.91 Å². The Bertz CT molecular complexity index is 464. The van der Waals surface area contributed by atoms with Gasteiger partial charge in [-0.25, -0.2) is 4.79 Å². The van der Waals surface area contributed by atoms with Crippen molar-refractivity contribution in [1.82, 2.24) is 10.6 Å². The third kappa shape index (κ3) is 6.60. The van der Waals surface area contributed by atoms with Crippen molar-refractivity contribution < 1.29 is 14.3 Å². The van der Waals surface area contributed by atoms with E-state index in [0.29, 0.717) is 23.5 Å². The number of rotatable bonds is 7. The molecule has 4 unspecified atom stereocenters. The quantitative estimate of drug-likeness (QED) is 0.685. The van der Waals surface area contributed by atoms with Gasteiger partial charge in [-0.05, 0) is 36.9 Å². The zero-order valence-electron chi connectivity index (χ0n) is 15.0. The molecule has 1 aliphatic carbocycles. The fraction of sp³-hybridized carbons (Fsp3) is 0.824. The number of nitriles is 1. The van der Waals surface area contributed by atoms with E-state index in [1.165, 1.54) is 11.8 Å². The summed E-state index contributed by atoms with van der Waals surface area (Å²) in [4.78, 5) is 24.3. The summed E-state index contributed by atoms with van der Waals surface area (Å²) in [5, 5.41) is 13.7. The molecular weight excluding hydrogens is 326 g/mol. The van der Waals surface area contributed by atoms with E-state index >= 15 is 0 Å². The highest BCUT2D eigenvalue weighted by Gasteiger charge is 2.34. The van der Waals surface area contributed by atoms with E-state index in [0.717, 1.165) is 19.3 Å². The van der Waals surface area contributed by atoms with Crippen molar-refractivity contribution >= 4 is 23.8 Å². The minimum Gasteiger partial charge on any atom is -0.446 e. The van der Waals surface area contributed by atoms with Gasteiger partial charge in [0, 0.05) is 5.75 Å². The van der Waals surface area contributed by atoms with Crippen molar-refractivity contribution in [3.63, 3.8) is 0 Å². The van der Waals surface area contributed by atoms with E-state index < -0.39 is 12.1 Å². The van der Waals surface area contributed by atoms with Gasteiger partial charge in [0.15, 0.2) is 0 Å². The lowest BCUT2D eigenvalue weighted by molar-refractivity contribution is -0.122. The van der Waals surface area contributed by atoms with Crippen LogP contribution in [0.2, 0.25) is 0 Å². The predicted octanol–water partition coefficient (Wildman–Crippen LogP) is 2.54. The van der Waals surface area contributed by atoms with Crippen molar-refractivity contribution in [1.29, 1.82) is 5.26 Å². The summed E-state index contributed by atoms with van der Waals surface area (Å²) in [7, 11) is 0. The zero-order valence-corrected chi connectivity index (χ0v) is 15.8. The van der Waals surface area contributed by atoms with Gasteiger partial charge in [-0.2, -0.15) is 17.0 Å². The Kier molecular flexibility index (Phi) is 8.98. The summed E-state index contributed by atoms with van der Waals surface area (Å²) < 4.78 is 5.66. The molecule has 0 saturated heterocycles. The first-order valence-corrected chi connectivity index (χ1v) is 9.89. The fourth-order valence-electron chi connectivity index (χ4n) is 3.16. The Morgan fingerprint density at radius 1 is 1.38 bits per heavy atom. The average molecular weight is 356 g/mol. The number of hydrogen-bond donors (Lipinski definition) is 2. The standard InChI is InChI=1S/C17H29N3O3S/c1-11(2)13-6-5-12(3)9-15(13)23-17(22)20-14(10-24-4)16(21)19-8-7-18/h11-15H,5-6,8-10H2,1-4H3,(H,19,21)(H,20,22). The fourth-order valence-corrected chi connectivity index (χ4v) is 3.73. The molecule has 1 saturated carbocycles. The Labute approximate surface area is 149 Å². The first kappa shape index (κ1) is 20.6. The molecule has 2 amide bonds. The van der Waals surface area contributed by atoms with E-state index in [1.807, 2.05) is 12.3 Å². The van der Waals surface area contributed by atoms with Gasteiger partial charge >= 0.3 is 6.09 Å². The predicted molar refractivity (Wildman–Crippen MR) is 95.5 cm³/mol. The Balaban J connectivity index is 2.63. The molecule has 136 valence electrons. The lowest BCUT2D eigenvalue weighted by Crippen LogP contribution is -2.50. The van der Waals surface area contributed by atoms with Crippen LogP contribution in [0.1, 0.15) is 40.0 Å². The minimum atomic E-state index is -0.695. The summed E-state index contributed by atoms with van der Waals surface area (Å²) in [5.74, 6) is 1.43. The number of nitrogens with zero attached hydrogens (tertiary/aromatic N) is 1. The first-order chi connectivity index (χ1) is 11.4. The summed E-state index contributed by atoms with van der Waals surface area (Å²) in [5.41, 5.74) is 0. The molecule has 0 aromatic carbocycles. The first-order valence-electron chi connectivity index (χ1n) is 8.49. The van der Waals surface area contributed by atoms with E-state index in [-0.39, 0.29) is 18.6 Å². The number of nitrogens with one attached hydrogen (secondary N) is 2. The van der Waals surface area contributed by atoms with Crippen molar-refractivity contribution in [3.8, 4) is 6.07 Å². The van der Waals surface area contributed by atoms with Crippen LogP contribution in [0.3, 0.4) is 0 Å². The molecule has 0 aromatic rings. The molecule has 0 heterocycles. The van der Waals surface area contributed by atoms with Gasteiger partial charge in [-0.15, -0.1) is 0 Å². The van der Waals surface area contributed by atoms with Gasteiger partial charge < -0.3 is 15.4 Å². The lowest BCUT2D eigenvalue weighted by Gasteiger charge is -2.36. The third-order valence-electron chi connectivity index (χ3n) is 4.50. The maximum atomic E-state index is 12.3. The van der Waals surface area contributed by atoms with Crippen LogP contribution in [0, 0.1) is 29.1 Å². The van der Waals surface area contributed by atoms with Gasteiger partial charge in [0.1, 0.15) is 18.7 Å². The lowest BCUT2D eigenvalue weighted by atomic mass is 9.75. The number of amides is 2. The van der Waals surface area contributed by atoms with Gasteiger partial charge in [-0.3, -0.25) is 4.79 Å². The number of carbonyl (C=O) groups excluding carboxylic acids is 2. The van der Waals surface area contributed by atoms with E-state index in [9.17, 15) is 9.59 Å². The van der Waals surface area contributed by atoms with Gasteiger partial charge in [0.25, 0.3) is 0 Å². The molecule has 7 heteroatoms. The Morgan fingerprint density at radius 3 is 2.67 bits per heavy atom. The highest BCUT2D eigenvalue weighted by atomic mass is 32.2. The SMILES string of the molecule is CSCC(NC(=O)OC1CC(C)CCC1C(C)C)C(=O)NCC#N. The van der Waals surface area contributed by atoms with Crippen LogP contribution in [-0.2, 0) is 9.53 Å². The second-order valence-electron chi connectivity index (χ2n) is 6.80. The molecule has 1 aliphatic rings. The van der Waals surface area contributed by atoms with Gasteiger partial charge in [0.05, 0.1) is 6.07 Å². The van der Waals surface area contributed by atoms with Crippen LogP contribution in [0.4, 0.5) is 4.79 Å². The van der Waals surface area contributed by atoms with E-state index in [2.05, 4.69) is 31.4 Å². The van der Waals surface area contributed by atoms with Crippen molar-refractivity contribution in [3.05, 3.63) is 0 Å². The second kappa shape index (κ2) is 10.4. The molecule has 4 atom stereocenters. The summed E-state index contributed by atoms with van der Waals surface area (Å²) in [6.45, 7) is 6.41. The Morgan fingerprint density at radius 2 is 2.08 bits per heavy atom. The maximum Gasteiger partial charge on any atom is 0.408 e. The summed E-state index contributed by atoms with van der Waals surface area (Å²) in [6, 6.07) is 1.16. The molecule has 0 aliphatic heterocycles. The average Bonchev–Trinajstić information content (AvgIpc) is 2.51. The maximum absolute atomic E-state index is 12.3. The zero-order chi connectivity index (χ0) is 18.1. The third-order valence-corrected chi connectivity index (χ3v) is 5.17. The van der Waals surface area contributed by atoms with Crippen LogP contribution in [0.25, 0.3) is 0 Å². The highest BCUT2D eigenvalue weighted by molar-refractivity contribution is 7.98. The summed E-state index contributed by atoms with van der Waals surface area (Å²) >= 11 is 1.45. The molecule has 24 heavy (non-hydrogen) atoms. The molecule has 0 radical (unpaired) electrons. The number of thioether (sulfide) groups is 1. The molecule has 6 nitrogen and oxygen atoms in total. The number of alkyl carbamates (subject to hydrolysis) is 1. The molecule has 0 spiro atoms. The molecule has 2 N–H and O–H groups in total. The van der Waals surface area contributed by atoms with Crippen molar-refractivity contribution in [2.75, 3.05) is 18.6 Å². The smallest absolute Gasteiger partial charge is 0.408 e. The van der Waals surface area contributed by atoms with Crippen LogP contribution in [0.15, 0.2) is 0 Å². The van der Waals surface area contributed by atoms with Crippen LogP contribution < -0.4 is 10.6 Å². The second-order valence-corrected chi connectivity index (χ2v) is 7.71. The van der Waals surface area contributed by atoms with Crippen molar-refractivity contribution in [2.45, 2.75) is 52.2 Å². The summed E-state index contributed by atoms with van der Waals surface area (Å²) in [6.07, 6.45) is 4.29. The topological polar surface area (TPSA) is 91.2 Å². The van der Waals surface area contributed by atoms with Crippen molar-refractivity contribution in [2.24, 2.45) is 17.8 Å². The Hall–Kier alpha value is -1.42. The monoisotopic (exact) mass is 355 g/mol. The highest BCUT2D eigenvalue weighted by Crippen LogP contribution is 2.35. The van der Waals surface area contributed by atoms with Crippen LogP contribution in [0.5, 0.6) is 0 Å². The van der Waals surface area contributed by atoms with Crippen LogP contribution in [-0.4, -0.2) is 42.7 Å². The largest absolute Gasteiger partial charge is 0.446 e. The molecule has 0 bridgehead atoms. The molecule has 1 rings (SSSR count).